The van der Waals surface area contributed by atoms with Crippen molar-refractivity contribution in [2.45, 2.75) is 32.8 Å². The van der Waals surface area contributed by atoms with Crippen molar-refractivity contribution in [3.8, 4) is 0 Å². The number of aliphatic hydroxyl groups is 1. The minimum atomic E-state index is -0.163. The quantitative estimate of drug-likeness (QED) is 0.547. The highest BCUT2D eigenvalue weighted by Crippen LogP contribution is 2.45. The van der Waals surface area contributed by atoms with Crippen LogP contribution in [0.4, 0.5) is 0 Å². The Morgan fingerprint density at radius 1 is 1.17 bits per heavy atom. The van der Waals surface area contributed by atoms with Gasteiger partial charge < -0.3 is 5.11 Å². The summed E-state index contributed by atoms with van der Waals surface area (Å²) in [6.45, 7) is 4.55. The van der Waals surface area contributed by atoms with Crippen LogP contribution in [0.1, 0.15) is 26.7 Å². The second kappa shape index (κ2) is 2.88. The molecule has 0 aromatic rings. The number of hydrogen-bond donors (Lipinski definition) is 1. The van der Waals surface area contributed by atoms with Crippen LogP contribution < -0.4 is 0 Å². The van der Waals surface area contributed by atoms with Crippen molar-refractivity contribution < 1.29 is 5.11 Å². The van der Waals surface area contributed by atoms with Crippen LogP contribution in [0.15, 0.2) is 12.2 Å². The third kappa shape index (κ3) is 1.11. The molecule has 1 fully saturated rings. The van der Waals surface area contributed by atoms with Gasteiger partial charge in [-0.15, -0.1) is 0 Å². The monoisotopic (exact) mass is 166 g/mol. The number of fused-ring (bicyclic) bond motifs is 1. The zero-order chi connectivity index (χ0) is 8.72. The van der Waals surface area contributed by atoms with Gasteiger partial charge in [0, 0.05) is 0 Å². The van der Waals surface area contributed by atoms with Crippen molar-refractivity contribution in [2.24, 2.45) is 23.7 Å². The molecule has 5 atom stereocenters. The number of hydrogen-bond acceptors (Lipinski definition) is 1. The van der Waals surface area contributed by atoms with E-state index in [1.165, 1.54) is 12.8 Å². The van der Waals surface area contributed by atoms with Crippen molar-refractivity contribution in [3.63, 3.8) is 0 Å². The molecule has 12 heavy (non-hydrogen) atoms. The molecule has 68 valence electrons. The van der Waals surface area contributed by atoms with E-state index in [0.717, 1.165) is 11.8 Å². The van der Waals surface area contributed by atoms with E-state index in [4.69, 9.17) is 0 Å². The number of rotatable bonds is 0. The Labute approximate surface area is 74.5 Å². The summed E-state index contributed by atoms with van der Waals surface area (Å²) in [6, 6.07) is 0. The Morgan fingerprint density at radius 2 is 1.92 bits per heavy atom. The molecule has 0 amide bonds. The molecular weight excluding hydrogens is 148 g/mol. The van der Waals surface area contributed by atoms with Crippen LogP contribution in [-0.4, -0.2) is 11.2 Å². The fourth-order valence-electron chi connectivity index (χ4n) is 3.03. The second-order valence-electron chi connectivity index (χ2n) is 4.53. The van der Waals surface area contributed by atoms with Crippen LogP contribution >= 0.6 is 0 Å². The van der Waals surface area contributed by atoms with Gasteiger partial charge in [0.1, 0.15) is 0 Å². The number of allylic oxidation sites excluding steroid dienone is 1. The van der Waals surface area contributed by atoms with Crippen molar-refractivity contribution in [1.29, 1.82) is 0 Å². The van der Waals surface area contributed by atoms with Gasteiger partial charge in [-0.1, -0.05) is 32.4 Å². The lowest BCUT2D eigenvalue weighted by atomic mass is 9.75. The molecule has 2 rings (SSSR count). The van der Waals surface area contributed by atoms with Gasteiger partial charge in [0.05, 0.1) is 6.10 Å². The van der Waals surface area contributed by atoms with Crippen LogP contribution in [0.2, 0.25) is 0 Å². The predicted molar refractivity (Wildman–Crippen MR) is 49.7 cm³/mol. The van der Waals surface area contributed by atoms with E-state index >= 15 is 0 Å². The van der Waals surface area contributed by atoms with Crippen LogP contribution in [0, 0.1) is 23.7 Å². The van der Waals surface area contributed by atoms with Crippen LogP contribution in [0.5, 0.6) is 0 Å². The maximum Gasteiger partial charge on any atom is 0.0754 e. The van der Waals surface area contributed by atoms with Gasteiger partial charge in [-0.05, 0) is 30.1 Å². The lowest BCUT2D eigenvalue weighted by Crippen LogP contribution is -2.32. The highest BCUT2D eigenvalue weighted by Gasteiger charge is 2.41. The van der Waals surface area contributed by atoms with Crippen LogP contribution in [0.3, 0.4) is 0 Å². The maximum absolute atomic E-state index is 9.78. The Bertz CT molecular complexity index is 197. The van der Waals surface area contributed by atoms with Gasteiger partial charge in [0.2, 0.25) is 0 Å². The Kier molecular flexibility index (Phi) is 1.99. The van der Waals surface area contributed by atoms with Crippen molar-refractivity contribution in [2.75, 3.05) is 0 Å². The minimum Gasteiger partial charge on any atom is -0.389 e. The van der Waals surface area contributed by atoms with E-state index in [1.54, 1.807) is 0 Å². The Morgan fingerprint density at radius 3 is 2.58 bits per heavy atom. The topological polar surface area (TPSA) is 20.2 Å². The van der Waals surface area contributed by atoms with Gasteiger partial charge in [-0.2, -0.15) is 0 Å². The molecule has 0 unspecified atom stereocenters. The molecule has 0 spiro atoms. The summed E-state index contributed by atoms with van der Waals surface area (Å²) in [7, 11) is 0. The van der Waals surface area contributed by atoms with Gasteiger partial charge >= 0.3 is 0 Å². The van der Waals surface area contributed by atoms with Crippen molar-refractivity contribution in [1.82, 2.24) is 0 Å². The normalized spacial score (nSPS) is 52.4. The molecule has 0 radical (unpaired) electrons. The molecule has 1 N–H and O–H groups in total. The van der Waals surface area contributed by atoms with E-state index in [2.05, 4.69) is 19.9 Å². The zero-order valence-electron chi connectivity index (χ0n) is 7.90. The summed E-state index contributed by atoms with van der Waals surface area (Å²) in [5, 5.41) is 9.78. The molecule has 0 aromatic heterocycles. The van der Waals surface area contributed by atoms with E-state index in [0.29, 0.717) is 11.8 Å². The van der Waals surface area contributed by atoms with E-state index in [9.17, 15) is 5.11 Å². The predicted octanol–water partition coefficient (Wildman–Crippen LogP) is 2.22. The third-order valence-electron chi connectivity index (χ3n) is 3.79. The molecule has 2 aliphatic carbocycles. The zero-order valence-corrected chi connectivity index (χ0v) is 7.90. The first-order chi connectivity index (χ1) is 5.70. The molecule has 1 saturated carbocycles. The first kappa shape index (κ1) is 8.31. The Balaban J connectivity index is 2.22. The Hall–Kier alpha value is -0.300. The average molecular weight is 166 g/mol. The van der Waals surface area contributed by atoms with Gasteiger partial charge in [0.25, 0.3) is 0 Å². The summed E-state index contributed by atoms with van der Waals surface area (Å²) in [4.78, 5) is 0. The van der Waals surface area contributed by atoms with E-state index in [1.807, 2.05) is 6.08 Å². The average Bonchev–Trinajstić information content (AvgIpc) is 2.42. The first-order valence-corrected chi connectivity index (χ1v) is 5.06. The van der Waals surface area contributed by atoms with Gasteiger partial charge in [-0.3, -0.25) is 0 Å². The molecule has 0 saturated heterocycles. The molecule has 0 bridgehead atoms. The summed E-state index contributed by atoms with van der Waals surface area (Å²) >= 11 is 0. The molecule has 0 heterocycles. The van der Waals surface area contributed by atoms with E-state index < -0.39 is 0 Å². The molecule has 0 aromatic carbocycles. The lowest BCUT2D eigenvalue weighted by Gasteiger charge is -2.33. The smallest absolute Gasteiger partial charge is 0.0754 e. The van der Waals surface area contributed by atoms with Gasteiger partial charge in [0.15, 0.2) is 0 Å². The van der Waals surface area contributed by atoms with Crippen LogP contribution in [0.25, 0.3) is 0 Å². The van der Waals surface area contributed by atoms with Crippen molar-refractivity contribution in [3.05, 3.63) is 12.2 Å². The molecule has 0 aliphatic heterocycles. The third-order valence-corrected chi connectivity index (χ3v) is 3.79. The van der Waals surface area contributed by atoms with Gasteiger partial charge in [-0.25, -0.2) is 0 Å². The molecule has 1 heteroatoms. The SMILES string of the molecule is C[C@@H]1C=C[C@@H](O)[C@H]2[C@@H]1CC[C@@H]2C. The molecular formula is C11H18O. The van der Waals surface area contributed by atoms with E-state index in [-0.39, 0.29) is 6.10 Å². The van der Waals surface area contributed by atoms with Crippen molar-refractivity contribution >= 4 is 0 Å². The first-order valence-electron chi connectivity index (χ1n) is 5.06. The minimum absolute atomic E-state index is 0.163. The second-order valence-corrected chi connectivity index (χ2v) is 4.53. The fourth-order valence-corrected chi connectivity index (χ4v) is 3.03. The van der Waals surface area contributed by atoms with Crippen LogP contribution in [-0.2, 0) is 0 Å². The summed E-state index contributed by atoms with van der Waals surface area (Å²) in [5.74, 6) is 2.70. The fraction of sp³-hybridized carbons (Fsp3) is 0.818. The summed E-state index contributed by atoms with van der Waals surface area (Å²) in [5.41, 5.74) is 0. The summed E-state index contributed by atoms with van der Waals surface area (Å²) in [6.07, 6.45) is 6.63. The highest BCUT2D eigenvalue weighted by molar-refractivity contribution is 5.07. The molecule has 2 aliphatic rings. The summed E-state index contributed by atoms with van der Waals surface area (Å²) < 4.78 is 0. The standard InChI is InChI=1S/C11H18O/c1-7-4-6-10(12)11-8(2)3-5-9(7)11/h4,6-12H,3,5H2,1-2H3/t7-,8+,9-,10-,11-/m1/s1. The maximum atomic E-state index is 9.78. The lowest BCUT2D eigenvalue weighted by molar-refractivity contribution is 0.0808. The number of aliphatic hydroxyl groups excluding tert-OH is 1. The highest BCUT2D eigenvalue weighted by atomic mass is 16.3. The largest absolute Gasteiger partial charge is 0.389 e. The molecule has 1 nitrogen and oxygen atoms in total.